The monoisotopic (exact) mass is 257 g/mol. The van der Waals surface area contributed by atoms with E-state index in [1.165, 1.54) is 6.20 Å². The van der Waals surface area contributed by atoms with Gasteiger partial charge in [-0.3, -0.25) is 9.78 Å². The van der Waals surface area contributed by atoms with Gasteiger partial charge in [0, 0.05) is 25.5 Å². The van der Waals surface area contributed by atoms with E-state index in [9.17, 15) is 4.79 Å². The molecule has 0 atom stereocenters. The molecule has 2 aromatic rings. The second kappa shape index (κ2) is 6.44. The quantitative estimate of drug-likeness (QED) is 0.782. The van der Waals surface area contributed by atoms with Gasteiger partial charge in [0.1, 0.15) is 5.82 Å². The number of nitrogens with zero attached hydrogens (tertiary/aromatic N) is 3. The highest BCUT2D eigenvalue weighted by atomic mass is 16.1. The molecule has 0 radical (unpaired) electrons. The fourth-order valence-electron chi connectivity index (χ4n) is 1.46. The van der Waals surface area contributed by atoms with Crippen molar-refractivity contribution in [1.29, 1.82) is 0 Å². The van der Waals surface area contributed by atoms with Gasteiger partial charge in [-0.1, -0.05) is 0 Å². The first-order valence-corrected chi connectivity index (χ1v) is 5.98. The topological polar surface area (TPSA) is 79.8 Å². The lowest BCUT2D eigenvalue weighted by molar-refractivity contribution is 0.0955. The first-order valence-electron chi connectivity index (χ1n) is 5.98. The highest BCUT2D eigenvalue weighted by Gasteiger charge is 2.03. The molecule has 0 aromatic carbocycles. The van der Waals surface area contributed by atoms with Gasteiger partial charge < -0.3 is 10.6 Å². The van der Waals surface area contributed by atoms with Gasteiger partial charge in [-0.15, -0.1) is 5.10 Å². The van der Waals surface area contributed by atoms with E-state index in [2.05, 4.69) is 25.8 Å². The van der Waals surface area contributed by atoms with Gasteiger partial charge in [-0.05, 0) is 31.2 Å². The average molecular weight is 257 g/mol. The van der Waals surface area contributed by atoms with Crippen molar-refractivity contribution < 1.29 is 4.79 Å². The predicted octanol–water partition coefficient (Wildman–Crippen LogP) is 1.02. The van der Waals surface area contributed by atoms with E-state index < -0.39 is 0 Å². The molecule has 0 aliphatic heterocycles. The minimum Gasteiger partial charge on any atom is -0.367 e. The molecule has 2 heterocycles. The zero-order valence-electron chi connectivity index (χ0n) is 10.6. The van der Waals surface area contributed by atoms with E-state index in [1.54, 1.807) is 18.3 Å². The van der Waals surface area contributed by atoms with Crippen molar-refractivity contribution in [3.05, 3.63) is 47.9 Å². The Hall–Kier alpha value is -2.50. The van der Waals surface area contributed by atoms with Crippen molar-refractivity contribution in [2.75, 3.05) is 18.4 Å². The summed E-state index contributed by atoms with van der Waals surface area (Å²) in [6.07, 6.45) is 3.17. The minimum atomic E-state index is -0.134. The molecule has 0 saturated heterocycles. The van der Waals surface area contributed by atoms with E-state index in [0.717, 1.165) is 5.69 Å². The van der Waals surface area contributed by atoms with Crippen molar-refractivity contribution in [2.24, 2.45) is 0 Å². The normalized spacial score (nSPS) is 9.95. The summed E-state index contributed by atoms with van der Waals surface area (Å²) in [5.41, 5.74) is 1.42. The van der Waals surface area contributed by atoms with Crippen molar-refractivity contribution in [1.82, 2.24) is 20.5 Å². The Morgan fingerprint density at radius 2 is 2.11 bits per heavy atom. The molecule has 2 aromatic heterocycles. The van der Waals surface area contributed by atoms with Crippen LogP contribution in [0.4, 0.5) is 5.82 Å². The molecule has 0 saturated carbocycles. The number of aryl methyl sites for hydroxylation is 1. The lowest BCUT2D eigenvalue weighted by Gasteiger charge is -2.06. The van der Waals surface area contributed by atoms with E-state index in [0.29, 0.717) is 24.5 Å². The van der Waals surface area contributed by atoms with Crippen molar-refractivity contribution in [2.45, 2.75) is 6.92 Å². The molecule has 6 nitrogen and oxygen atoms in total. The summed E-state index contributed by atoms with van der Waals surface area (Å²) >= 11 is 0. The Labute approximate surface area is 111 Å². The van der Waals surface area contributed by atoms with E-state index in [1.807, 2.05) is 19.1 Å². The fraction of sp³-hybridized carbons (Fsp3) is 0.231. The lowest BCUT2D eigenvalue weighted by atomic mass is 10.3. The van der Waals surface area contributed by atoms with Crippen LogP contribution in [0, 0.1) is 6.92 Å². The fourth-order valence-corrected chi connectivity index (χ4v) is 1.46. The van der Waals surface area contributed by atoms with Gasteiger partial charge in [0.25, 0.3) is 5.91 Å². The van der Waals surface area contributed by atoms with Gasteiger partial charge in [-0.25, -0.2) is 0 Å². The zero-order chi connectivity index (χ0) is 13.5. The van der Waals surface area contributed by atoms with Crippen LogP contribution in [-0.4, -0.2) is 34.2 Å². The molecule has 0 fully saturated rings. The van der Waals surface area contributed by atoms with Crippen LogP contribution in [0.3, 0.4) is 0 Å². The Morgan fingerprint density at radius 3 is 2.79 bits per heavy atom. The van der Waals surface area contributed by atoms with Crippen LogP contribution in [0.5, 0.6) is 0 Å². The molecule has 0 bridgehead atoms. The van der Waals surface area contributed by atoms with E-state index in [-0.39, 0.29) is 5.91 Å². The highest BCUT2D eigenvalue weighted by Crippen LogP contribution is 1.99. The Balaban J connectivity index is 1.72. The van der Waals surface area contributed by atoms with Gasteiger partial charge in [0.2, 0.25) is 0 Å². The molecular formula is C13H15N5O. The highest BCUT2D eigenvalue weighted by molar-refractivity contribution is 5.93. The number of carbonyl (C=O) groups is 1. The summed E-state index contributed by atoms with van der Waals surface area (Å²) in [5.74, 6) is 0.561. The molecule has 0 aliphatic rings. The molecule has 0 spiro atoms. The molecule has 2 N–H and O–H groups in total. The molecule has 1 amide bonds. The molecule has 19 heavy (non-hydrogen) atoms. The van der Waals surface area contributed by atoms with Gasteiger partial charge >= 0.3 is 0 Å². The number of aromatic nitrogens is 3. The smallest absolute Gasteiger partial charge is 0.252 e. The second-order valence-electron chi connectivity index (χ2n) is 3.98. The SMILES string of the molecule is Cc1ccc(NCCNC(=O)c2cccnc2)nn1. The van der Waals surface area contributed by atoms with Crippen molar-refractivity contribution in [3.8, 4) is 0 Å². The maximum atomic E-state index is 11.7. The summed E-state index contributed by atoms with van der Waals surface area (Å²) in [7, 11) is 0. The third-order valence-corrected chi connectivity index (χ3v) is 2.44. The maximum absolute atomic E-state index is 11.7. The van der Waals surface area contributed by atoms with Crippen LogP contribution in [0.1, 0.15) is 16.1 Å². The molecule has 2 rings (SSSR count). The summed E-state index contributed by atoms with van der Waals surface area (Å²) in [6.45, 7) is 2.97. The third-order valence-electron chi connectivity index (χ3n) is 2.44. The Kier molecular flexibility index (Phi) is 4.39. The summed E-state index contributed by atoms with van der Waals surface area (Å²) in [6, 6.07) is 7.19. The standard InChI is InChI=1S/C13H15N5O/c1-10-4-5-12(18-17-10)15-7-8-16-13(19)11-3-2-6-14-9-11/h2-6,9H,7-8H2,1H3,(H,15,18)(H,16,19). The second-order valence-corrected chi connectivity index (χ2v) is 3.98. The first kappa shape index (κ1) is 12.9. The third kappa shape index (κ3) is 4.02. The van der Waals surface area contributed by atoms with Crippen molar-refractivity contribution in [3.63, 3.8) is 0 Å². The van der Waals surface area contributed by atoms with Gasteiger partial charge in [0.05, 0.1) is 11.3 Å². The largest absolute Gasteiger partial charge is 0.367 e. The maximum Gasteiger partial charge on any atom is 0.252 e. The molecule has 98 valence electrons. The van der Waals surface area contributed by atoms with Crippen LogP contribution in [0.25, 0.3) is 0 Å². The zero-order valence-corrected chi connectivity index (χ0v) is 10.6. The first-order chi connectivity index (χ1) is 9.25. The molecular weight excluding hydrogens is 242 g/mol. The number of amides is 1. The number of pyridine rings is 1. The van der Waals surface area contributed by atoms with Gasteiger partial charge in [-0.2, -0.15) is 5.10 Å². The average Bonchev–Trinajstić information content (AvgIpc) is 2.46. The van der Waals surface area contributed by atoms with Gasteiger partial charge in [0.15, 0.2) is 0 Å². The summed E-state index contributed by atoms with van der Waals surface area (Å²) < 4.78 is 0. The van der Waals surface area contributed by atoms with Crippen LogP contribution >= 0.6 is 0 Å². The summed E-state index contributed by atoms with van der Waals surface area (Å²) in [4.78, 5) is 15.6. The van der Waals surface area contributed by atoms with E-state index in [4.69, 9.17) is 0 Å². The van der Waals surface area contributed by atoms with Crippen molar-refractivity contribution >= 4 is 11.7 Å². The number of carbonyl (C=O) groups excluding carboxylic acids is 1. The minimum absolute atomic E-state index is 0.134. The van der Waals surface area contributed by atoms with Crippen LogP contribution in [-0.2, 0) is 0 Å². The van der Waals surface area contributed by atoms with Crippen LogP contribution < -0.4 is 10.6 Å². The number of nitrogens with one attached hydrogen (secondary N) is 2. The predicted molar refractivity (Wildman–Crippen MR) is 71.8 cm³/mol. The lowest BCUT2D eigenvalue weighted by Crippen LogP contribution is -2.28. The van der Waals surface area contributed by atoms with Crippen LogP contribution in [0.15, 0.2) is 36.7 Å². The Morgan fingerprint density at radius 1 is 1.21 bits per heavy atom. The molecule has 0 unspecified atom stereocenters. The van der Waals surface area contributed by atoms with E-state index >= 15 is 0 Å². The number of hydrogen-bond donors (Lipinski definition) is 2. The van der Waals surface area contributed by atoms with Crippen LogP contribution in [0.2, 0.25) is 0 Å². The number of hydrogen-bond acceptors (Lipinski definition) is 5. The molecule has 6 heteroatoms. The molecule has 0 aliphatic carbocycles. The Bertz CT molecular complexity index is 526. The summed E-state index contributed by atoms with van der Waals surface area (Å²) in [5, 5.41) is 13.8. The number of rotatable bonds is 5. The number of anilines is 1.